The lowest BCUT2D eigenvalue weighted by Crippen LogP contribution is -2.44. The van der Waals surface area contributed by atoms with Crippen molar-refractivity contribution < 1.29 is 9.15 Å². The van der Waals surface area contributed by atoms with E-state index in [9.17, 15) is 0 Å². The lowest BCUT2D eigenvalue weighted by atomic mass is 9.78. The first-order valence-corrected chi connectivity index (χ1v) is 19.8. The van der Waals surface area contributed by atoms with Crippen LogP contribution in [0.15, 0.2) is 202 Å². The van der Waals surface area contributed by atoms with Crippen LogP contribution in [-0.2, 0) is 0 Å². The van der Waals surface area contributed by atoms with Crippen molar-refractivity contribution in [3.05, 3.63) is 204 Å². The molecule has 0 saturated carbocycles. The average molecular weight is 749 g/mol. The average Bonchev–Trinajstić information content (AvgIpc) is 3.96. The number of aliphatic imine (C=N–C) groups is 2. The molecule has 3 atom stereocenters. The van der Waals surface area contributed by atoms with Gasteiger partial charge in [0.15, 0.2) is 5.66 Å². The van der Waals surface area contributed by atoms with Crippen LogP contribution in [-0.4, -0.2) is 28.0 Å². The van der Waals surface area contributed by atoms with Gasteiger partial charge in [0.1, 0.15) is 34.7 Å². The van der Waals surface area contributed by atoms with E-state index in [-0.39, 0.29) is 12.0 Å². The van der Waals surface area contributed by atoms with E-state index in [2.05, 4.69) is 162 Å². The Morgan fingerprint density at radius 3 is 2.19 bits per heavy atom. The number of benzene rings is 7. The van der Waals surface area contributed by atoms with Gasteiger partial charge >= 0.3 is 0 Å². The van der Waals surface area contributed by atoms with Gasteiger partial charge in [-0.1, -0.05) is 133 Å². The maximum Gasteiger partial charge on any atom is 0.174 e. The maximum absolute atomic E-state index is 6.86. The number of para-hydroxylation sites is 3. The minimum absolute atomic E-state index is 0.0866. The lowest BCUT2D eigenvalue weighted by molar-refractivity contribution is 0.257. The molecule has 3 aliphatic rings. The topological polar surface area (TPSA) is 64.0 Å². The molecule has 7 aromatic carbocycles. The van der Waals surface area contributed by atoms with E-state index in [0.29, 0.717) is 5.84 Å². The van der Waals surface area contributed by atoms with Crippen molar-refractivity contribution in [2.75, 3.05) is 0 Å². The second-order valence-corrected chi connectivity index (χ2v) is 15.5. The molecule has 0 spiro atoms. The van der Waals surface area contributed by atoms with Crippen LogP contribution in [0.2, 0.25) is 0 Å². The van der Waals surface area contributed by atoms with Crippen LogP contribution < -0.4 is 10.1 Å². The van der Waals surface area contributed by atoms with Crippen LogP contribution in [0.1, 0.15) is 29.5 Å². The van der Waals surface area contributed by atoms with Gasteiger partial charge in [-0.15, -0.1) is 0 Å². The zero-order valence-corrected chi connectivity index (χ0v) is 31.6. The Hall–Kier alpha value is -7.44. The van der Waals surface area contributed by atoms with E-state index in [0.717, 1.165) is 72.5 Å². The number of furan rings is 1. The zero-order valence-electron chi connectivity index (χ0n) is 31.6. The van der Waals surface area contributed by atoms with Gasteiger partial charge in [-0.25, -0.2) is 9.98 Å². The van der Waals surface area contributed by atoms with E-state index in [1.54, 1.807) is 0 Å². The summed E-state index contributed by atoms with van der Waals surface area (Å²) < 4.78 is 15.7. The molecule has 2 aromatic heterocycles. The van der Waals surface area contributed by atoms with E-state index < -0.39 is 5.66 Å². The molecule has 9 aromatic rings. The molecule has 0 saturated heterocycles. The van der Waals surface area contributed by atoms with Crippen LogP contribution >= 0.6 is 0 Å². The fourth-order valence-corrected chi connectivity index (χ4v) is 9.35. The molecule has 0 fully saturated rings. The molecule has 0 amide bonds. The molecule has 4 heterocycles. The second-order valence-electron chi connectivity index (χ2n) is 15.5. The number of rotatable bonds is 5. The molecule has 1 aliphatic carbocycles. The van der Waals surface area contributed by atoms with Crippen molar-refractivity contribution in [2.24, 2.45) is 9.98 Å². The molecule has 2 aliphatic heterocycles. The van der Waals surface area contributed by atoms with Crippen molar-refractivity contribution in [1.82, 2.24) is 9.88 Å². The van der Waals surface area contributed by atoms with Crippen molar-refractivity contribution in [3.8, 4) is 22.6 Å². The van der Waals surface area contributed by atoms with Gasteiger partial charge in [-0.3, -0.25) is 0 Å². The minimum atomic E-state index is -0.958. The number of aromatic nitrogens is 1. The summed E-state index contributed by atoms with van der Waals surface area (Å²) in [5.41, 5.74) is 10.5. The standard InChI is InChI=1S/C52H36N4O2/c1-52(54-50(33-16-6-3-7-17-33)53-51(55-52)40-21-12-20-38-37-19-9-11-24-45(37)58-49(38)40)42-22-13-25-46-48(42)39-28-27-35(31-47(39)57-46)56-43-23-10-8-18-36(43)41-30-34(26-29-44(41)56)32-14-4-2-5-15-32/h2-31,46,48H,1H3,(H,53,54,55)/t46?,48?,52-/m1/s1. The van der Waals surface area contributed by atoms with Gasteiger partial charge in [0, 0.05) is 44.4 Å². The number of hydrogen-bond acceptors (Lipinski definition) is 5. The van der Waals surface area contributed by atoms with Crippen molar-refractivity contribution in [2.45, 2.75) is 24.6 Å². The molecule has 12 rings (SSSR count). The van der Waals surface area contributed by atoms with Gasteiger partial charge in [-0.05, 0) is 66.1 Å². The molecule has 276 valence electrons. The predicted molar refractivity (Wildman–Crippen MR) is 235 cm³/mol. The summed E-state index contributed by atoms with van der Waals surface area (Å²) in [4.78, 5) is 10.9. The fraction of sp³-hybridized carbons (Fsp3) is 0.0769. The Balaban J connectivity index is 0.979. The monoisotopic (exact) mass is 748 g/mol. The Bertz CT molecular complexity index is 3260. The highest BCUT2D eigenvalue weighted by molar-refractivity contribution is 6.21. The Morgan fingerprint density at radius 2 is 1.33 bits per heavy atom. The summed E-state index contributed by atoms with van der Waals surface area (Å²) in [6.07, 6.45) is 6.24. The lowest BCUT2D eigenvalue weighted by Gasteiger charge is -2.36. The SMILES string of the molecule is C[C@@]1(C2=CC=CC3Oc4cc(-n5c6ccccc6c6cc(-c7ccccc7)ccc65)ccc4C23)N=C(c2ccccc2)NC(c2cccc3c2oc2ccccc23)=N1. The van der Waals surface area contributed by atoms with Gasteiger partial charge < -0.3 is 19.0 Å². The molecule has 6 heteroatoms. The molecular weight excluding hydrogens is 713 g/mol. The van der Waals surface area contributed by atoms with Crippen molar-refractivity contribution >= 4 is 55.4 Å². The van der Waals surface area contributed by atoms with Gasteiger partial charge in [-0.2, -0.15) is 0 Å². The molecule has 1 N–H and O–H groups in total. The van der Waals surface area contributed by atoms with Crippen LogP contribution in [0.25, 0.3) is 60.6 Å². The minimum Gasteiger partial charge on any atom is -0.485 e. The van der Waals surface area contributed by atoms with Crippen LogP contribution in [0, 0.1) is 0 Å². The third-order valence-electron chi connectivity index (χ3n) is 12.0. The molecule has 2 unspecified atom stereocenters. The first-order valence-electron chi connectivity index (χ1n) is 19.8. The van der Waals surface area contributed by atoms with E-state index >= 15 is 0 Å². The van der Waals surface area contributed by atoms with Gasteiger partial charge in [0.2, 0.25) is 0 Å². The zero-order chi connectivity index (χ0) is 38.4. The summed E-state index contributed by atoms with van der Waals surface area (Å²) >= 11 is 0. The highest BCUT2D eigenvalue weighted by Crippen LogP contribution is 2.50. The largest absolute Gasteiger partial charge is 0.485 e. The quantitative estimate of drug-likeness (QED) is 0.191. The number of fused-ring (bicyclic) bond motifs is 9. The number of ether oxygens (including phenoxy) is 1. The highest BCUT2D eigenvalue weighted by Gasteiger charge is 2.46. The number of nitrogens with one attached hydrogen (secondary N) is 1. The van der Waals surface area contributed by atoms with E-state index in [4.69, 9.17) is 19.1 Å². The Kier molecular flexibility index (Phi) is 7.08. The summed E-state index contributed by atoms with van der Waals surface area (Å²) in [6, 6.07) is 57.4. The first-order chi connectivity index (χ1) is 28.6. The van der Waals surface area contributed by atoms with Gasteiger partial charge in [0.25, 0.3) is 0 Å². The van der Waals surface area contributed by atoms with E-state index in [1.165, 1.54) is 21.9 Å². The summed E-state index contributed by atoms with van der Waals surface area (Å²) in [5, 5.41) is 8.19. The molecule has 6 nitrogen and oxygen atoms in total. The highest BCUT2D eigenvalue weighted by atomic mass is 16.5. The third-order valence-corrected chi connectivity index (χ3v) is 12.0. The number of allylic oxidation sites excluding steroid dienone is 2. The fourth-order valence-electron chi connectivity index (χ4n) is 9.35. The number of amidine groups is 2. The summed E-state index contributed by atoms with van der Waals surface area (Å²) in [6.45, 7) is 2.12. The predicted octanol–water partition coefficient (Wildman–Crippen LogP) is 11.9. The molecular formula is C52H36N4O2. The molecule has 0 bridgehead atoms. The maximum atomic E-state index is 6.86. The Labute approximate surface area is 334 Å². The first kappa shape index (κ1) is 32.8. The summed E-state index contributed by atoms with van der Waals surface area (Å²) in [5.74, 6) is 2.25. The molecule has 58 heavy (non-hydrogen) atoms. The van der Waals surface area contributed by atoms with Crippen LogP contribution in [0.4, 0.5) is 0 Å². The normalized spacial score (nSPS) is 19.7. The third kappa shape index (κ3) is 4.98. The van der Waals surface area contributed by atoms with Gasteiger partial charge in [0.05, 0.1) is 22.5 Å². The van der Waals surface area contributed by atoms with Crippen LogP contribution in [0.3, 0.4) is 0 Å². The summed E-state index contributed by atoms with van der Waals surface area (Å²) in [7, 11) is 0. The van der Waals surface area contributed by atoms with Crippen LogP contribution in [0.5, 0.6) is 5.75 Å². The second kappa shape index (κ2) is 12.5. The smallest absolute Gasteiger partial charge is 0.174 e. The Morgan fingerprint density at radius 1 is 0.603 bits per heavy atom. The van der Waals surface area contributed by atoms with Crippen molar-refractivity contribution in [1.29, 1.82) is 0 Å². The van der Waals surface area contributed by atoms with Crippen molar-refractivity contribution in [3.63, 3.8) is 0 Å². The van der Waals surface area contributed by atoms with E-state index in [1.807, 2.05) is 36.4 Å². The molecule has 0 radical (unpaired) electrons. The number of hydrogen-bond donors (Lipinski definition) is 1. The number of nitrogens with zero attached hydrogens (tertiary/aromatic N) is 3.